The van der Waals surface area contributed by atoms with E-state index in [1.54, 1.807) is 11.3 Å². The first-order chi connectivity index (χ1) is 14.5. The van der Waals surface area contributed by atoms with Crippen molar-refractivity contribution in [2.24, 2.45) is 0 Å². The Morgan fingerprint density at radius 2 is 1.83 bits per heavy atom. The maximum absolute atomic E-state index is 9.10. The van der Waals surface area contributed by atoms with E-state index in [9.17, 15) is 0 Å². The van der Waals surface area contributed by atoms with E-state index in [1.165, 1.54) is 37.2 Å². The molecule has 0 saturated carbocycles. The van der Waals surface area contributed by atoms with Gasteiger partial charge >= 0.3 is 11.9 Å². The first kappa shape index (κ1) is 21.9. The molecule has 1 aromatic carbocycles. The number of likely N-dealkylation sites (tertiary alicyclic amines) is 1. The Labute approximate surface area is 178 Å². The number of benzene rings is 1. The molecule has 1 atom stereocenters. The third-order valence-electron chi connectivity index (χ3n) is 4.83. The van der Waals surface area contributed by atoms with Crippen LogP contribution in [0.2, 0.25) is 0 Å². The molecule has 0 aliphatic carbocycles. The molecule has 2 aliphatic rings. The number of carboxylic acids is 2. The van der Waals surface area contributed by atoms with E-state index in [0.717, 1.165) is 30.2 Å². The number of carboxylic acid groups (broad SMARTS) is 2. The van der Waals surface area contributed by atoms with Gasteiger partial charge in [0, 0.05) is 17.8 Å². The van der Waals surface area contributed by atoms with Crippen LogP contribution in [-0.2, 0) is 9.59 Å². The molecule has 0 bridgehead atoms. The van der Waals surface area contributed by atoms with Gasteiger partial charge in [-0.1, -0.05) is 18.6 Å². The van der Waals surface area contributed by atoms with Crippen LogP contribution in [-0.4, -0.2) is 53.5 Å². The zero-order chi connectivity index (χ0) is 21.3. The van der Waals surface area contributed by atoms with Crippen LogP contribution in [0.4, 0.5) is 0 Å². The van der Waals surface area contributed by atoms with Crippen LogP contribution in [0.1, 0.15) is 36.7 Å². The first-order valence-corrected chi connectivity index (χ1v) is 10.7. The highest BCUT2D eigenvalue weighted by Gasteiger charge is 2.23. The number of para-hydroxylation sites is 1. The number of hydrogen-bond acceptors (Lipinski definition) is 7. The number of carbonyl (C=O) groups is 2. The predicted octanol–water partition coefficient (Wildman–Crippen LogP) is 3.63. The third-order valence-corrected chi connectivity index (χ3v) is 5.79. The Balaban J connectivity index is 0.000000377. The maximum Gasteiger partial charge on any atom is 0.414 e. The molecular weight excluding hydrogens is 410 g/mol. The van der Waals surface area contributed by atoms with Crippen molar-refractivity contribution in [3.63, 3.8) is 0 Å². The summed E-state index contributed by atoms with van der Waals surface area (Å²) in [6.07, 6.45) is 5.06. The summed E-state index contributed by atoms with van der Waals surface area (Å²) in [5.74, 6) is -1.36. The summed E-state index contributed by atoms with van der Waals surface area (Å²) in [6, 6.07) is 10.1. The van der Waals surface area contributed by atoms with Gasteiger partial charge in [0.1, 0.15) is 6.10 Å². The normalized spacial score (nSPS) is 16.3. The summed E-state index contributed by atoms with van der Waals surface area (Å²) in [7, 11) is 0. The molecule has 2 aliphatic heterocycles. The van der Waals surface area contributed by atoms with E-state index in [1.807, 2.05) is 18.2 Å². The zero-order valence-electron chi connectivity index (χ0n) is 16.5. The smallest absolute Gasteiger partial charge is 0.414 e. The standard InChI is InChI=1S/C19H23NO3S.C2H2O4/c1-2-10-20(11-3-1)12-9-15(18-8-5-13-24-18)23-17-7-4-6-16-19(17)22-14-21-16;3-1(4)2(5)6/h4-8,13,15H,1-3,9-12,14H2;(H,3,4)(H,5,6). The summed E-state index contributed by atoms with van der Waals surface area (Å²) >= 11 is 1.75. The summed E-state index contributed by atoms with van der Waals surface area (Å²) in [6.45, 7) is 3.78. The maximum atomic E-state index is 9.10. The largest absolute Gasteiger partial charge is 0.481 e. The SMILES string of the molecule is O=C(O)C(=O)O.c1csc(C(CCN2CCCCC2)Oc2cccc3c2OCO3)c1. The summed E-state index contributed by atoms with van der Waals surface area (Å²) in [5, 5.41) is 16.9. The highest BCUT2D eigenvalue weighted by atomic mass is 32.1. The van der Waals surface area contributed by atoms with Crippen molar-refractivity contribution >= 4 is 23.3 Å². The van der Waals surface area contributed by atoms with E-state index < -0.39 is 11.9 Å². The van der Waals surface area contributed by atoms with Crippen molar-refractivity contribution in [2.45, 2.75) is 31.8 Å². The van der Waals surface area contributed by atoms with Crippen molar-refractivity contribution in [1.82, 2.24) is 4.90 Å². The van der Waals surface area contributed by atoms with E-state index in [2.05, 4.69) is 22.4 Å². The molecule has 3 heterocycles. The number of nitrogens with zero attached hydrogens (tertiary/aromatic N) is 1. The topological polar surface area (TPSA) is 106 Å². The van der Waals surface area contributed by atoms with Gasteiger partial charge in [-0.05, 0) is 49.5 Å². The highest BCUT2D eigenvalue weighted by molar-refractivity contribution is 7.10. The molecule has 2 N–H and O–H groups in total. The second kappa shape index (κ2) is 10.8. The molecule has 1 unspecified atom stereocenters. The Bertz CT molecular complexity index is 822. The van der Waals surface area contributed by atoms with E-state index in [-0.39, 0.29) is 12.9 Å². The number of thiophene rings is 1. The quantitative estimate of drug-likeness (QED) is 0.663. The number of fused-ring (bicyclic) bond motifs is 1. The average molecular weight is 435 g/mol. The highest BCUT2D eigenvalue weighted by Crippen LogP contribution is 2.43. The molecule has 0 spiro atoms. The lowest BCUT2D eigenvalue weighted by Crippen LogP contribution is -2.31. The van der Waals surface area contributed by atoms with E-state index in [0.29, 0.717) is 0 Å². The average Bonchev–Trinajstić information content (AvgIpc) is 3.44. The Morgan fingerprint density at radius 1 is 1.07 bits per heavy atom. The molecule has 1 fully saturated rings. The van der Waals surface area contributed by atoms with Crippen LogP contribution in [0.15, 0.2) is 35.7 Å². The zero-order valence-corrected chi connectivity index (χ0v) is 17.3. The lowest BCUT2D eigenvalue weighted by Gasteiger charge is -2.28. The lowest BCUT2D eigenvalue weighted by atomic mass is 10.1. The minimum Gasteiger partial charge on any atom is -0.481 e. The Morgan fingerprint density at radius 3 is 2.50 bits per heavy atom. The van der Waals surface area contributed by atoms with Gasteiger partial charge in [0.05, 0.1) is 0 Å². The van der Waals surface area contributed by atoms with Crippen LogP contribution >= 0.6 is 11.3 Å². The summed E-state index contributed by atoms with van der Waals surface area (Å²) in [5.41, 5.74) is 0. The van der Waals surface area contributed by atoms with Crippen LogP contribution in [0.3, 0.4) is 0 Å². The van der Waals surface area contributed by atoms with Crippen molar-refractivity contribution in [2.75, 3.05) is 26.4 Å². The van der Waals surface area contributed by atoms with Crippen molar-refractivity contribution in [1.29, 1.82) is 0 Å². The van der Waals surface area contributed by atoms with Gasteiger partial charge in [-0.15, -0.1) is 11.3 Å². The fraction of sp³-hybridized carbons (Fsp3) is 0.429. The van der Waals surface area contributed by atoms with Gasteiger partial charge in [0.25, 0.3) is 0 Å². The number of ether oxygens (including phenoxy) is 3. The van der Waals surface area contributed by atoms with E-state index in [4.69, 9.17) is 34.0 Å². The Hall–Kier alpha value is -2.78. The minimum absolute atomic E-state index is 0.0580. The van der Waals surface area contributed by atoms with Gasteiger partial charge in [-0.2, -0.15) is 0 Å². The van der Waals surface area contributed by atoms with Crippen molar-refractivity contribution in [3.8, 4) is 17.2 Å². The molecule has 30 heavy (non-hydrogen) atoms. The molecule has 9 heteroatoms. The number of piperidine rings is 1. The fourth-order valence-corrected chi connectivity index (χ4v) is 4.16. The molecule has 1 saturated heterocycles. The van der Waals surface area contributed by atoms with Gasteiger partial charge in [-0.3, -0.25) is 0 Å². The van der Waals surface area contributed by atoms with Crippen LogP contribution in [0, 0.1) is 0 Å². The second-order valence-electron chi connectivity index (χ2n) is 6.91. The molecule has 0 radical (unpaired) electrons. The number of rotatable bonds is 6. The monoisotopic (exact) mass is 435 g/mol. The second-order valence-corrected chi connectivity index (χ2v) is 7.89. The van der Waals surface area contributed by atoms with Crippen molar-refractivity contribution in [3.05, 3.63) is 40.6 Å². The molecule has 4 rings (SSSR count). The van der Waals surface area contributed by atoms with Crippen LogP contribution < -0.4 is 14.2 Å². The summed E-state index contributed by atoms with van der Waals surface area (Å²) < 4.78 is 17.4. The molecule has 1 aromatic heterocycles. The van der Waals surface area contributed by atoms with Crippen molar-refractivity contribution < 1.29 is 34.0 Å². The molecule has 162 valence electrons. The van der Waals surface area contributed by atoms with E-state index >= 15 is 0 Å². The van der Waals surface area contributed by atoms with Crippen LogP contribution in [0.25, 0.3) is 0 Å². The number of hydrogen-bond donors (Lipinski definition) is 2. The van der Waals surface area contributed by atoms with Gasteiger partial charge in [0.2, 0.25) is 12.5 Å². The Kier molecular flexibility index (Phi) is 7.92. The summed E-state index contributed by atoms with van der Waals surface area (Å²) in [4.78, 5) is 22.0. The van der Waals surface area contributed by atoms with Gasteiger partial charge in [0.15, 0.2) is 11.5 Å². The molecule has 2 aromatic rings. The molecular formula is C21H25NO7S. The fourth-order valence-electron chi connectivity index (χ4n) is 3.37. The van der Waals surface area contributed by atoms with Gasteiger partial charge in [-0.25, -0.2) is 9.59 Å². The molecule has 0 amide bonds. The predicted molar refractivity (Wildman–Crippen MR) is 110 cm³/mol. The van der Waals surface area contributed by atoms with Crippen LogP contribution in [0.5, 0.6) is 17.2 Å². The third kappa shape index (κ3) is 6.11. The number of aliphatic carboxylic acids is 2. The first-order valence-electron chi connectivity index (χ1n) is 9.82. The molecule has 8 nitrogen and oxygen atoms in total. The lowest BCUT2D eigenvalue weighted by molar-refractivity contribution is -0.159. The minimum atomic E-state index is -1.82. The van der Waals surface area contributed by atoms with Gasteiger partial charge < -0.3 is 29.3 Å².